The first kappa shape index (κ1) is 11.4. The molecule has 2 aromatic rings. The van der Waals surface area contributed by atoms with Gasteiger partial charge in [0.05, 0.1) is 17.5 Å². The SMILES string of the molecule is CCCc1nc(-c2ccoc2)nc2c1CCNC2. The van der Waals surface area contributed by atoms with Crippen molar-refractivity contribution in [2.75, 3.05) is 6.54 Å². The van der Waals surface area contributed by atoms with Gasteiger partial charge >= 0.3 is 0 Å². The van der Waals surface area contributed by atoms with E-state index in [2.05, 4.69) is 17.2 Å². The number of fused-ring (bicyclic) bond motifs is 1. The Morgan fingerprint density at radius 2 is 2.33 bits per heavy atom. The zero-order valence-corrected chi connectivity index (χ0v) is 10.6. The summed E-state index contributed by atoms with van der Waals surface area (Å²) in [4.78, 5) is 9.38. The molecule has 2 aromatic heterocycles. The normalized spacial score (nSPS) is 14.5. The van der Waals surface area contributed by atoms with Crippen LogP contribution in [0.15, 0.2) is 23.0 Å². The van der Waals surface area contributed by atoms with E-state index in [0.29, 0.717) is 0 Å². The van der Waals surface area contributed by atoms with Gasteiger partial charge in [-0.3, -0.25) is 0 Å². The third-order valence-electron chi connectivity index (χ3n) is 3.29. The van der Waals surface area contributed by atoms with Gasteiger partial charge in [0, 0.05) is 12.2 Å². The van der Waals surface area contributed by atoms with Crippen LogP contribution in [0.1, 0.15) is 30.3 Å². The first-order chi connectivity index (χ1) is 8.88. The smallest absolute Gasteiger partial charge is 0.162 e. The highest BCUT2D eigenvalue weighted by atomic mass is 16.3. The highest BCUT2D eigenvalue weighted by Crippen LogP contribution is 2.22. The van der Waals surface area contributed by atoms with Crippen molar-refractivity contribution in [3.05, 3.63) is 35.5 Å². The van der Waals surface area contributed by atoms with Crippen molar-refractivity contribution in [3.63, 3.8) is 0 Å². The minimum atomic E-state index is 0.787. The van der Waals surface area contributed by atoms with Crippen LogP contribution in [0.3, 0.4) is 0 Å². The van der Waals surface area contributed by atoms with E-state index in [9.17, 15) is 0 Å². The molecule has 3 heterocycles. The molecule has 94 valence electrons. The monoisotopic (exact) mass is 243 g/mol. The van der Waals surface area contributed by atoms with Gasteiger partial charge in [-0.05, 0) is 31.0 Å². The van der Waals surface area contributed by atoms with Gasteiger partial charge in [-0.15, -0.1) is 0 Å². The number of aryl methyl sites for hydroxylation is 1. The molecule has 0 aromatic carbocycles. The van der Waals surface area contributed by atoms with E-state index in [4.69, 9.17) is 9.40 Å². The van der Waals surface area contributed by atoms with Gasteiger partial charge < -0.3 is 9.73 Å². The molecule has 1 aliphatic heterocycles. The van der Waals surface area contributed by atoms with E-state index < -0.39 is 0 Å². The van der Waals surface area contributed by atoms with Gasteiger partial charge in [0.15, 0.2) is 5.82 Å². The Labute approximate surface area is 106 Å². The Kier molecular flexibility index (Phi) is 3.11. The van der Waals surface area contributed by atoms with Crippen molar-refractivity contribution in [2.24, 2.45) is 0 Å². The van der Waals surface area contributed by atoms with Crippen molar-refractivity contribution >= 4 is 0 Å². The van der Waals surface area contributed by atoms with E-state index in [0.717, 1.165) is 49.4 Å². The Morgan fingerprint density at radius 3 is 3.11 bits per heavy atom. The molecule has 1 N–H and O–H groups in total. The minimum absolute atomic E-state index is 0.787. The number of hydrogen-bond acceptors (Lipinski definition) is 4. The fraction of sp³-hybridized carbons (Fsp3) is 0.429. The van der Waals surface area contributed by atoms with E-state index in [1.54, 1.807) is 12.5 Å². The second-order valence-electron chi connectivity index (χ2n) is 4.61. The first-order valence-corrected chi connectivity index (χ1v) is 6.50. The topological polar surface area (TPSA) is 51.0 Å². The maximum absolute atomic E-state index is 5.12. The summed E-state index contributed by atoms with van der Waals surface area (Å²) in [7, 11) is 0. The van der Waals surface area contributed by atoms with Crippen LogP contribution in [0.5, 0.6) is 0 Å². The van der Waals surface area contributed by atoms with Gasteiger partial charge in [0.25, 0.3) is 0 Å². The number of nitrogens with zero attached hydrogens (tertiary/aromatic N) is 2. The molecule has 3 rings (SSSR count). The Bertz CT molecular complexity index is 534. The molecular formula is C14H17N3O. The third-order valence-corrected chi connectivity index (χ3v) is 3.29. The molecule has 0 unspecified atom stereocenters. The predicted molar refractivity (Wildman–Crippen MR) is 69.1 cm³/mol. The molecule has 0 spiro atoms. The summed E-state index contributed by atoms with van der Waals surface area (Å²) < 4.78 is 5.12. The second kappa shape index (κ2) is 4.90. The summed E-state index contributed by atoms with van der Waals surface area (Å²) in [6, 6.07) is 1.91. The van der Waals surface area contributed by atoms with Gasteiger partial charge in [0.2, 0.25) is 0 Å². The van der Waals surface area contributed by atoms with Crippen LogP contribution in [-0.4, -0.2) is 16.5 Å². The molecule has 18 heavy (non-hydrogen) atoms. The number of aromatic nitrogens is 2. The largest absolute Gasteiger partial charge is 0.472 e. The van der Waals surface area contributed by atoms with Gasteiger partial charge in [-0.2, -0.15) is 0 Å². The highest BCUT2D eigenvalue weighted by molar-refractivity contribution is 5.54. The second-order valence-corrected chi connectivity index (χ2v) is 4.61. The van der Waals surface area contributed by atoms with Gasteiger partial charge in [0.1, 0.15) is 6.26 Å². The van der Waals surface area contributed by atoms with Crippen molar-refractivity contribution in [1.29, 1.82) is 0 Å². The Morgan fingerprint density at radius 1 is 1.39 bits per heavy atom. The molecule has 0 bridgehead atoms. The van der Waals surface area contributed by atoms with Crippen LogP contribution in [0.4, 0.5) is 0 Å². The lowest BCUT2D eigenvalue weighted by Crippen LogP contribution is -2.26. The third kappa shape index (κ3) is 2.04. The average Bonchev–Trinajstić information content (AvgIpc) is 2.93. The molecule has 0 aliphatic carbocycles. The fourth-order valence-corrected chi connectivity index (χ4v) is 2.40. The van der Waals surface area contributed by atoms with Crippen LogP contribution in [-0.2, 0) is 19.4 Å². The molecule has 0 saturated heterocycles. The quantitative estimate of drug-likeness (QED) is 0.899. The van der Waals surface area contributed by atoms with Crippen LogP contribution in [0.2, 0.25) is 0 Å². The standard InChI is InChI=1S/C14H17N3O/c1-2-3-12-11-4-6-15-8-13(11)17-14(16-12)10-5-7-18-9-10/h5,7,9,15H,2-4,6,8H2,1H3. The van der Waals surface area contributed by atoms with Crippen LogP contribution in [0.25, 0.3) is 11.4 Å². The number of hydrogen-bond donors (Lipinski definition) is 1. The van der Waals surface area contributed by atoms with Crippen molar-refractivity contribution in [3.8, 4) is 11.4 Å². The lowest BCUT2D eigenvalue weighted by molar-refractivity contribution is 0.567. The molecule has 0 amide bonds. The van der Waals surface area contributed by atoms with Crippen LogP contribution in [0, 0.1) is 0 Å². The lowest BCUT2D eigenvalue weighted by Gasteiger charge is -2.19. The molecule has 0 fully saturated rings. The summed E-state index contributed by atoms with van der Waals surface area (Å²) in [6.07, 6.45) is 6.54. The van der Waals surface area contributed by atoms with E-state index in [1.807, 2.05) is 6.07 Å². The zero-order valence-electron chi connectivity index (χ0n) is 10.6. The maximum Gasteiger partial charge on any atom is 0.162 e. The van der Waals surface area contributed by atoms with Gasteiger partial charge in [-0.1, -0.05) is 13.3 Å². The fourth-order valence-electron chi connectivity index (χ4n) is 2.40. The zero-order chi connectivity index (χ0) is 12.4. The van der Waals surface area contributed by atoms with Crippen molar-refractivity contribution in [1.82, 2.24) is 15.3 Å². The molecule has 4 heteroatoms. The molecule has 0 saturated carbocycles. The number of rotatable bonds is 3. The number of nitrogens with one attached hydrogen (secondary N) is 1. The first-order valence-electron chi connectivity index (χ1n) is 6.50. The molecule has 0 radical (unpaired) electrons. The summed E-state index contributed by atoms with van der Waals surface area (Å²) >= 11 is 0. The summed E-state index contributed by atoms with van der Waals surface area (Å²) in [5, 5.41) is 3.37. The van der Waals surface area contributed by atoms with Gasteiger partial charge in [-0.25, -0.2) is 9.97 Å². The highest BCUT2D eigenvalue weighted by Gasteiger charge is 2.17. The van der Waals surface area contributed by atoms with Crippen LogP contribution < -0.4 is 5.32 Å². The Hall–Kier alpha value is -1.68. The van der Waals surface area contributed by atoms with E-state index >= 15 is 0 Å². The summed E-state index contributed by atoms with van der Waals surface area (Å²) in [5.74, 6) is 0.787. The Balaban J connectivity index is 2.09. The molecule has 0 atom stereocenters. The summed E-state index contributed by atoms with van der Waals surface area (Å²) in [6.45, 7) is 4.06. The lowest BCUT2D eigenvalue weighted by atomic mass is 10.0. The predicted octanol–water partition coefficient (Wildman–Crippen LogP) is 2.33. The van der Waals surface area contributed by atoms with Crippen LogP contribution >= 0.6 is 0 Å². The summed E-state index contributed by atoms with van der Waals surface area (Å²) in [5.41, 5.74) is 4.67. The van der Waals surface area contributed by atoms with E-state index in [1.165, 1.54) is 11.3 Å². The molecular weight excluding hydrogens is 226 g/mol. The molecule has 4 nitrogen and oxygen atoms in total. The number of furan rings is 1. The average molecular weight is 243 g/mol. The van der Waals surface area contributed by atoms with Crippen molar-refractivity contribution < 1.29 is 4.42 Å². The maximum atomic E-state index is 5.12. The molecule has 1 aliphatic rings. The van der Waals surface area contributed by atoms with E-state index in [-0.39, 0.29) is 0 Å². The minimum Gasteiger partial charge on any atom is -0.472 e. The van der Waals surface area contributed by atoms with Crippen molar-refractivity contribution in [2.45, 2.75) is 32.7 Å².